The maximum atomic E-state index is 13.1. The van der Waals surface area contributed by atoms with Crippen molar-refractivity contribution in [1.82, 2.24) is 9.97 Å². The smallest absolute Gasteiger partial charge is 0.262 e. The van der Waals surface area contributed by atoms with Gasteiger partial charge in [0.1, 0.15) is 10.8 Å². The van der Waals surface area contributed by atoms with E-state index in [0.717, 1.165) is 10.6 Å². The average Bonchev–Trinajstić information content (AvgIpc) is 3.29. The van der Waals surface area contributed by atoms with Crippen molar-refractivity contribution in [2.24, 2.45) is 0 Å². The topological polar surface area (TPSA) is 110 Å². The lowest BCUT2D eigenvalue weighted by atomic mass is 10.2. The number of amides is 1. The average molecular weight is 495 g/mol. The first-order chi connectivity index (χ1) is 16.4. The van der Waals surface area contributed by atoms with Crippen LogP contribution in [-0.2, 0) is 21.2 Å². The van der Waals surface area contributed by atoms with Gasteiger partial charge in [-0.3, -0.25) is 14.5 Å². The fraction of sp³-hybridized carbons (Fsp3) is 0.125. The summed E-state index contributed by atoms with van der Waals surface area (Å²) in [5.74, 6) is 0.107. The van der Waals surface area contributed by atoms with Crippen molar-refractivity contribution in [1.29, 1.82) is 0 Å². The summed E-state index contributed by atoms with van der Waals surface area (Å²) in [5.41, 5.74) is 2.75. The number of aromatic nitrogens is 2. The molecule has 0 saturated carbocycles. The minimum atomic E-state index is -3.92. The van der Waals surface area contributed by atoms with Gasteiger partial charge in [-0.15, -0.1) is 11.3 Å². The number of ether oxygens (including phenoxy) is 1. The molecule has 2 aromatic heterocycles. The van der Waals surface area contributed by atoms with Gasteiger partial charge in [-0.1, -0.05) is 18.2 Å². The van der Waals surface area contributed by atoms with Crippen LogP contribution in [0.4, 0.5) is 11.4 Å². The fourth-order valence-electron chi connectivity index (χ4n) is 3.28. The SMILES string of the molecule is COc1ccccc1NS(=O)(=O)c1cc(NC(=O)Cc2csc(-c3cccnc3)n2)ccc1C. The number of pyridine rings is 1. The number of nitrogens with one attached hydrogen (secondary N) is 2. The molecule has 0 radical (unpaired) electrons. The number of carbonyl (C=O) groups excluding carboxylic acids is 1. The predicted molar refractivity (Wildman–Crippen MR) is 133 cm³/mol. The largest absolute Gasteiger partial charge is 0.495 e. The molecule has 0 unspecified atom stereocenters. The number of hydrogen-bond acceptors (Lipinski definition) is 7. The molecule has 10 heteroatoms. The van der Waals surface area contributed by atoms with Gasteiger partial charge >= 0.3 is 0 Å². The first-order valence-corrected chi connectivity index (χ1v) is 12.6. The van der Waals surface area contributed by atoms with Gasteiger partial charge in [0.05, 0.1) is 29.8 Å². The molecule has 0 fully saturated rings. The quantitative estimate of drug-likeness (QED) is 0.373. The molecule has 0 saturated heterocycles. The molecule has 0 aliphatic carbocycles. The summed E-state index contributed by atoms with van der Waals surface area (Å²) in [5, 5.41) is 5.37. The van der Waals surface area contributed by atoms with Crippen molar-refractivity contribution < 1.29 is 17.9 Å². The molecule has 2 N–H and O–H groups in total. The van der Waals surface area contributed by atoms with E-state index < -0.39 is 10.0 Å². The Bertz CT molecular complexity index is 1420. The number of sulfonamides is 1. The highest BCUT2D eigenvalue weighted by molar-refractivity contribution is 7.92. The summed E-state index contributed by atoms with van der Waals surface area (Å²) in [6.45, 7) is 1.69. The van der Waals surface area contributed by atoms with E-state index in [9.17, 15) is 13.2 Å². The number of aryl methyl sites for hydroxylation is 1. The highest BCUT2D eigenvalue weighted by Crippen LogP contribution is 2.28. The van der Waals surface area contributed by atoms with Crippen LogP contribution in [0, 0.1) is 6.92 Å². The van der Waals surface area contributed by atoms with E-state index >= 15 is 0 Å². The van der Waals surface area contributed by atoms with E-state index in [2.05, 4.69) is 20.0 Å². The van der Waals surface area contributed by atoms with Gasteiger partial charge in [-0.05, 0) is 48.9 Å². The molecular weight excluding hydrogens is 472 g/mol. The molecular formula is C24H22N4O4S2. The van der Waals surface area contributed by atoms with Crippen LogP contribution < -0.4 is 14.8 Å². The van der Waals surface area contributed by atoms with Gasteiger partial charge in [0.15, 0.2) is 0 Å². The number of para-hydroxylation sites is 2. The van der Waals surface area contributed by atoms with E-state index in [1.165, 1.54) is 24.5 Å². The molecule has 0 aliphatic rings. The Morgan fingerprint density at radius 1 is 1.12 bits per heavy atom. The molecule has 2 aromatic carbocycles. The maximum absolute atomic E-state index is 13.1. The standard InChI is InChI=1S/C24H22N4O4S2/c1-16-9-10-18(12-22(16)34(30,31)28-20-7-3-4-8-21(20)32-2)26-23(29)13-19-15-33-24(27-19)17-6-5-11-25-14-17/h3-12,14-15,28H,13H2,1-2H3,(H,26,29). The molecule has 0 bridgehead atoms. The van der Waals surface area contributed by atoms with Gasteiger partial charge in [-0.25, -0.2) is 13.4 Å². The third-order valence-electron chi connectivity index (χ3n) is 4.91. The number of methoxy groups -OCH3 is 1. The lowest BCUT2D eigenvalue weighted by Crippen LogP contribution is -2.17. The lowest BCUT2D eigenvalue weighted by Gasteiger charge is -2.14. The van der Waals surface area contributed by atoms with Crippen LogP contribution in [0.3, 0.4) is 0 Å². The van der Waals surface area contributed by atoms with Crippen molar-refractivity contribution in [3.05, 3.63) is 83.6 Å². The minimum absolute atomic E-state index is 0.0590. The third-order valence-corrected chi connectivity index (χ3v) is 7.36. The van der Waals surface area contributed by atoms with Crippen LogP contribution in [0.5, 0.6) is 5.75 Å². The monoisotopic (exact) mass is 494 g/mol. The maximum Gasteiger partial charge on any atom is 0.262 e. The van der Waals surface area contributed by atoms with Crippen LogP contribution >= 0.6 is 11.3 Å². The van der Waals surface area contributed by atoms with Crippen LogP contribution in [0.15, 0.2) is 77.3 Å². The second-order valence-electron chi connectivity index (χ2n) is 7.40. The molecule has 1 amide bonds. The molecule has 0 spiro atoms. The van der Waals surface area contributed by atoms with Crippen molar-refractivity contribution >= 4 is 38.6 Å². The van der Waals surface area contributed by atoms with Crippen LogP contribution in [0.25, 0.3) is 10.6 Å². The minimum Gasteiger partial charge on any atom is -0.495 e. The molecule has 4 aromatic rings. The van der Waals surface area contributed by atoms with Crippen LogP contribution in [0.2, 0.25) is 0 Å². The number of anilines is 2. The summed E-state index contributed by atoms with van der Waals surface area (Å²) in [6.07, 6.45) is 3.47. The first-order valence-electron chi connectivity index (χ1n) is 10.3. The highest BCUT2D eigenvalue weighted by Gasteiger charge is 2.20. The number of nitrogens with zero attached hydrogens (tertiary/aromatic N) is 2. The molecule has 0 aliphatic heterocycles. The highest BCUT2D eigenvalue weighted by atomic mass is 32.2. The summed E-state index contributed by atoms with van der Waals surface area (Å²) >= 11 is 1.43. The molecule has 34 heavy (non-hydrogen) atoms. The number of hydrogen-bond donors (Lipinski definition) is 2. The van der Waals surface area contributed by atoms with Crippen molar-refractivity contribution in [3.8, 4) is 16.3 Å². The zero-order chi connectivity index (χ0) is 24.1. The molecule has 174 valence electrons. The Morgan fingerprint density at radius 2 is 1.94 bits per heavy atom. The van der Waals surface area contributed by atoms with Gasteiger partial charge in [0.2, 0.25) is 5.91 Å². The molecule has 2 heterocycles. The normalized spacial score (nSPS) is 11.1. The van der Waals surface area contributed by atoms with E-state index in [1.807, 2.05) is 17.5 Å². The van der Waals surface area contributed by atoms with Gasteiger partial charge in [0, 0.05) is 29.0 Å². The fourth-order valence-corrected chi connectivity index (χ4v) is 5.43. The molecule has 0 atom stereocenters. The third kappa shape index (κ3) is 5.41. The van der Waals surface area contributed by atoms with Gasteiger partial charge in [0.25, 0.3) is 10.0 Å². The predicted octanol–water partition coefficient (Wildman–Crippen LogP) is 4.50. The Balaban J connectivity index is 1.49. The molecule has 4 rings (SSSR count). The van der Waals surface area contributed by atoms with Crippen molar-refractivity contribution in [3.63, 3.8) is 0 Å². The lowest BCUT2D eigenvalue weighted by molar-refractivity contribution is -0.115. The first kappa shape index (κ1) is 23.4. The Kier molecular flexibility index (Phi) is 6.90. The number of rotatable bonds is 8. The zero-order valence-electron chi connectivity index (χ0n) is 18.5. The second-order valence-corrected chi connectivity index (χ2v) is 9.91. The Morgan fingerprint density at radius 3 is 2.71 bits per heavy atom. The Hall–Kier alpha value is -3.76. The summed E-state index contributed by atoms with van der Waals surface area (Å²) < 4.78 is 33.9. The van der Waals surface area contributed by atoms with E-state index in [1.54, 1.807) is 55.7 Å². The van der Waals surface area contributed by atoms with Crippen molar-refractivity contribution in [2.45, 2.75) is 18.2 Å². The van der Waals surface area contributed by atoms with Gasteiger partial charge < -0.3 is 10.1 Å². The number of carbonyl (C=O) groups is 1. The number of benzene rings is 2. The Labute approximate surface area is 201 Å². The second kappa shape index (κ2) is 10.0. The zero-order valence-corrected chi connectivity index (χ0v) is 20.1. The van der Waals surface area contributed by atoms with Crippen LogP contribution in [0.1, 0.15) is 11.3 Å². The molecule has 8 nitrogen and oxygen atoms in total. The summed E-state index contributed by atoms with van der Waals surface area (Å²) in [4.78, 5) is 21.2. The van der Waals surface area contributed by atoms with Gasteiger partial charge in [-0.2, -0.15) is 0 Å². The van der Waals surface area contributed by atoms with E-state index in [0.29, 0.717) is 28.4 Å². The van der Waals surface area contributed by atoms with Crippen molar-refractivity contribution in [2.75, 3.05) is 17.1 Å². The summed E-state index contributed by atoms with van der Waals surface area (Å²) in [6, 6.07) is 15.2. The summed E-state index contributed by atoms with van der Waals surface area (Å²) in [7, 11) is -2.45. The van der Waals surface area contributed by atoms with Crippen LogP contribution in [-0.4, -0.2) is 31.4 Å². The van der Waals surface area contributed by atoms with E-state index in [4.69, 9.17) is 4.74 Å². The number of thiazole rings is 1. The van der Waals surface area contributed by atoms with E-state index in [-0.39, 0.29) is 17.2 Å².